The Kier molecular flexibility index (Phi) is 4.31. The Morgan fingerprint density at radius 2 is 1.95 bits per heavy atom. The molecule has 3 nitrogen and oxygen atoms in total. The highest BCUT2D eigenvalue weighted by molar-refractivity contribution is 7.84. The fraction of sp³-hybridized carbons (Fsp3) is 0.438. The predicted molar refractivity (Wildman–Crippen MR) is 80.6 cm³/mol. The fourth-order valence-corrected chi connectivity index (χ4v) is 4.21. The molecule has 1 heterocycles. The summed E-state index contributed by atoms with van der Waals surface area (Å²) in [6.07, 6.45) is 5.06. The van der Waals surface area contributed by atoms with E-state index in [0.29, 0.717) is 11.7 Å². The van der Waals surface area contributed by atoms with Crippen LogP contribution in [0.3, 0.4) is 0 Å². The lowest BCUT2D eigenvalue weighted by Gasteiger charge is -2.06. The molecule has 0 spiro atoms. The van der Waals surface area contributed by atoms with Crippen LogP contribution in [0.25, 0.3) is 11.3 Å². The van der Waals surface area contributed by atoms with Gasteiger partial charge < -0.3 is 4.52 Å². The van der Waals surface area contributed by atoms with E-state index in [0.717, 1.165) is 22.8 Å². The third-order valence-electron chi connectivity index (χ3n) is 3.83. The second kappa shape index (κ2) is 6.35. The molecule has 1 saturated carbocycles. The number of hydrogen-bond donors (Lipinski definition) is 0. The van der Waals surface area contributed by atoms with E-state index in [-0.39, 0.29) is 0 Å². The molecular formula is C16H19NO2S. The molecule has 1 aliphatic carbocycles. The maximum atomic E-state index is 12.1. The highest BCUT2D eigenvalue weighted by Crippen LogP contribution is 2.26. The van der Waals surface area contributed by atoms with Gasteiger partial charge in [0.05, 0.1) is 5.75 Å². The van der Waals surface area contributed by atoms with Crippen LogP contribution in [0.5, 0.6) is 0 Å². The van der Waals surface area contributed by atoms with E-state index in [1.165, 1.54) is 25.7 Å². The molecule has 20 heavy (non-hydrogen) atoms. The van der Waals surface area contributed by atoms with Crippen molar-refractivity contribution >= 4 is 10.8 Å². The molecule has 4 heteroatoms. The van der Waals surface area contributed by atoms with Gasteiger partial charge in [-0.1, -0.05) is 48.3 Å². The SMILES string of the molecule is O=S(Cc1cc(-c2ccccc2)no1)CC1CCCC1. The van der Waals surface area contributed by atoms with E-state index in [2.05, 4.69) is 5.16 Å². The van der Waals surface area contributed by atoms with E-state index < -0.39 is 10.8 Å². The van der Waals surface area contributed by atoms with Gasteiger partial charge in [0.1, 0.15) is 11.5 Å². The quantitative estimate of drug-likeness (QED) is 0.841. The highest BCUT2D eigenvalue weighted by Gasteiger charge is 2.19. The first kappa shape index (κ1) is 13.6. The lowest BCUT2D eigenvalue weighted by atomic mass is 10.1. The Balaban J connectivity index is 1.61. The summed E-state index contributed by atoms with van der Waals surface area (Å²) in [5, 5.41) is 4.06. The van der Waals surface area contributed by atoms with Gasteiger partial charge >= 0.3 is 0 Å². The van der Waals surface area contributed by atoms with Gasteiger partial charge in [-0.05, 0) is 18.8 Å². The molecule has 3 rings (SSSR count). The van der Waals surface area contributed by atoms with Gasteiger partial charge in [-0.15, -0.1) is 0 Å². The summed E-state index contributed by atoms with van der Waals surface area (Å²) >= 11 is 0. The van der Waals surface area contributed by atoms with Crippen LogP contribution in [0, 0.1) is 5.92 Å². The predicted octanol–water partition coefficient (Wildman–Crippen LogP) is 3.78. The third kappa shape index (κ3) is 3.37. The van der Waals surface area contributed by atoms with Gasteiger partial charge in [-0.3, -0.25) is 4.21 Å². The Morgan fingerprint density at radius 1 is 1.20 bits per heavy atom. The summed E-state index contributed by atoms with van der Waals surface area (Å²) in [4.78, 5) is 0. The molecule has 0 saturated heterocycles. The number of nitrogens with zero attached hydrogens (tertiary/aromatic N) is 1. The minimum Gasteiger partial charge on any atom is -0.360 e. The van der Waals surface area contributed by atoms with E-state index in [1.807, 2.05) is 36.4 Å². The molecule has 0 N–H and O–H groups in total. The largest absolute Gasteiger partial charge is 0.360 e. The molecule has 0 radical (unpaired) electrons. The number of aromatic nitrogens is 1. The van der Waals surface area contributed by atoms with Gasteiger partial charge in [0.25, 0.3) is 0 Å². The monoisotopic (exact) mass is 289 g/mol. The molecule has 0 amide bonds. The average Bonchev–Trinajstić information content (AvgIpc) is 3.11. The van der Waals surface area contributed by atoms with E-state index >= 15 is 0 Å². The van der Waals surface area contributed by atoms with Crippen molar-refractivity contribution in [2.45, 2.75) is 31.4 Å². The summed E-state index contributed by atoms with van der Waals surface area (Å²) < 4.78 is 17.4. The molecule has 1 atom stereocenters. The Morgan fingerprint density at radius 3 is 2.70 bits per heavy atom. The Labute approximate surface area is 121 Å². The highest BCUT2D eigenvalue weighted by atomic mass is 32.2. The van der Waals surface area contributed by atoms with Crippen molar-refractivity contribution in [3.8, 4) is 11.3 Å². The first-order valence-electron chi connectivity index (χ1n) is 7.17. The van der Waals surface area contributed by atoms with Crippen LogP contribution in [-0.4, -0.2) is 15.1 Å². The van der Waals surface area contributed by atoms with E-state index in [9.17, 15) is 4.21 Å². The van der Waals surface area contributed by atoms with Gasteiger partial charge in [-0.25, -0.2) is 0 Å². The summed E-state index contributed by atoms with van der Waals surface area (Å²) in [6, 6.07) is 11.8. The number of benzene rings is 1. The van der Waals surface area contributed by atoms with E-state index in [4.69, 9.17) is 4.52 Å². The van der Waals surface area contributed by atoms with Crippen molar-refractivity contribution in [3.05, 3.63) is 42.2 Å². The topological polar surface area (TPSA) is 43.1 Å². The van der Waals surface area contributed by atoms with Crippen molar-refractivity contribution in [1.82, 2.24) is 5.16 Å². The normalized spacial score (nSPS) is 17.4. The van der Waals surface area contributed by atoms with Gasteiger partial charge in [0.2, 0.25) is 0 Å². The van der Waals surface area contributed by atoms with Gasteiger partial charge in [0.15, 0.2) is 0 Å². The smallest absolute Gasteiger partial charge is 0.149 e. The van der Waals surface area contributed by atoms with Crippen LogP contribution in [0.15, 0.2) is 40.9 Å². The summed E-state index contributed by atoms with van der Waals surface area (Å²) in [5.74, 6) is 2.66. The second-order valence-corrected chi connectivity index (χ2v) is 6.95. The molecule has 2 aromatic rings. The molecule has 106 valence electrons. The van der Waals surface area contributed by atoms with Crippen molar-refractivity contribution in [2.24, 2.45) is 5.92 Å². The van der Waals surface area contributed by atoms with Crippen LogP contribution < -0.4 is 0 Å². The standard InChI is InChI=1S/C16H19NO2S/c18-20(11-13-6-4-5-7-13)12-15-10-16(17-19-15)14-8-2-1-3-9-14/h1-3,8-10,13H,4-7,11-12H2. The van der Waals surface area contributed by atoms with Crippen molar-refractivity contribution in [2.75, 3.05) is 5.75 Å². The summed E-state index contributed by atoms with van der Waals surface area (Å²) in [6.45, 7) is 0. The van der Waals surface area contributed by atoms with Crippen LogP contribution in [-0.2, 0) is 16.6 Å². The van der Waals surface area contributed by atoms with Crippen molar-refractivity contribution in [3.63, 3.8) is 0 Å². The lowest BCUT2D eigenvalue weighted by Crippen LogP contribution is -2.09. The first-order valence-corrected chi connectivity index (χ1v) is 8.66. The molecule has 1 aromatic heterocycles. The summed E-state index contributed by atoms with van der Waals surface area (Å²) in [7, 11) is -0.838. The Bertz CT molecular complexity index is 573. The molecule has 1 aromatic carbocycles. The zero-order chi connectivity index (χ0) is 13.8. The maximum Gasteiger partial charge on any atom is 0.149 e. The minimum absolute atomic E-state index is 0.482. The maximum absolute atomic E-state index is 12.1. The van der Waals surface area contributed by atoms with Crippen LogP contribution in [0.1, 0.15) is 31.4 Å². The third-order valence-corrected chi connectivity index (χ3v) is 5.28. The van der Waals surface area contributed by atoms with Gasteiger partial charge in [-0.2, -0.15) is 0 Å². The molecule has 0 bridgehead atoms. The average molecular weight is 289 g/mol. The molecule has 1 aliphatic rings. The molecule has 1 fully saturated rings. The molecular weight excluding hydrogens is 270 g/mol. The molecule has 1 unspecified atom stereocenters. The molecule has 0 aliphatic heterocycles. The lowest BCUT2D eigenvalue weighted by molar-refractivity contribution is 0.396. The van der Waals surface area contributed by atoms with Crippen molar-refractivity contribution < 1.29 is 8.73 Å². The summed E-state index contributed by atoms with van der Waals surface area (Å²) in [5.41, 5.74) is 1.85. The number of rotatable bonds is 5. The second-order valence-electron chi connectivity index (χ2n) is 5.45. The fourth-order valence-electron chi connectivity index (χ4n) is 2.78. The van der Waals surface area contributed by atoms with Gasteiger partial charge in [0, 0.05) is 28.2 Å². The minimum atomic E-state index is -0.838. The first-order chi connectivity index (χ1) is 9.81. The Hall–Kier alpha value is -1.42. The van der Waals surface area contributed by atoms with E-state index in [1.54, 1.807) is 0 Å². The number of hydrogen-bond acceptors (Lipinski definition) is 3. The van der Waals surface area contributed by atoms with Crippen LogP contribution in [0.4, 0.5) is 0 Å². The van der Waals surface area contributed by atoms with Crippen LogP contribution >= 0.6 is 0 Å². The van der Waals surface area contributed by atoms with Crippen molar-refractivity contribution in [1.29, 1.82) is 0 Å². The van der Waals surface area contributed by atoms with Crippen LogP contribution in [0.2, 0.25) is 0 Å². The zero-order valence-corrected chi connectivity index (χ0v) is 12.3. The zero-order valence-electron chi connectivity index (χ0n) is 11.5.